The number of nitrogens with one attached hydrogen (secondary N) is 1. The van der Waals surface area contributed by atoms with E-state index in [1.165, 1.54) is 6.92 Å². The lowest BCUT2D eigenvalue weighted by Gasteiger charge is -2.07. The van der Waals surface area contributed by atoms with E-state index < -0.39 is 0 Å². The standard InChI is InChI=1S/C16H18BrN3O2/c1-10-16(17)11(2)20(19-10)8-7-15(22)18-14-6-4-5-13(9-14)12(3)21/h4-6,9H,7-8H2,1-3H3,(H,18,22). The number of hydrogen-bond acceptors (Lipinski definition) is 3. The van der Waals surface area contributed by atoms with Crippen LogP contribution in [0.1, 0.15) is 35.1 Å². The third kappa shape index (κ3) is 3.82. The van der Waals surface area contributed by atoms with Crippen molar-refractivity contribution in [2.75, 3.05) is 5.32 Å². The van der Waals surface area contributed by atoms with Crippen LogP contribution in [0.5, 0.6) is 0 Å². The molecule has 0 radical (unpaired) electrons. The second kappa shape index (κ2) is 6.87. The van der Waals surface area contributed by atoms with Crippen LogP contribution in [0.15, 0.2) is 28.7 Å². The zero-order valence-corrected chi connectivity index (χ0v) is 14.4. The third-order valence-electron chi connectivity index (χ3n) is 3.40. The summed E-state index contributed by atoms with van der Waals surface area (Å²) in [7, 11) is 0. The maximum absolute atomic E-state index is 12.0. The van der Waals surface area contributed by atoms with Crippen molar-refractivity contribution >= 4 is 33.3 Å². The number of rotatable bonds is 5. The maximum Gasteiger partial charge on any atom is 0.226 e. The molecular weight excluding hydrogens is 346 g/mol. The van der Waals surface area contributed by atoms with Crippen molar-refractivity contribution in [2.24, 2.45) is 0 Å². The molecule has 1 amide bonds. The van der Waals surface area contributed by atoms with Crippen LogP contribution in [-0.4, -0.2) is 21.5 Å². The third-order valence-corrected chi connectivity index (χ3v) is 4.54. The summed E-state index contributed by atoms with van der Waals surface area (Å²) in [6.45, 7) is 5.89. The van der Waals surface area contributed by atoms with Gasteiger partial charge in [-0.05, 0) is 48.8 Å². The molecule has 6 heteroatoms. The highest BCUT2D eigenvalue weighted by molar-refractivity contribution is 9.10. The first-order chi connectivity index (χ1) is 10.4. The highest BCUT2D eigenvalue weighted by Gasteiger charge is 2.10. The molecule has 1 aromatic heterocycles. The monoisotopic (exact) mass is 363 g/mol. The average Bonchev–Trinajstić information content (AvgIpc) is 2.72. The molecule has 1 aromatic carbocycles. The number of carbonyl (C=O) groups is 2. The molecule has 22 heavy (non-hydrogen) atoms. The van der Waals surface area contributed by atoms with E-state index >= 15 is 0 Å². The molecule has 0 spiro atoms. The fourth-order valence-electron chi connectivity index (χ4n) is 2.14. The lowest BCUT2D eigenvalue weighted by Crippen LogP contribution is -2.15. The van der Waals surface area contributed by atoms with Crippen LogP contribution in [0.3, 0.4) is 0 Å². The molecule has 0 atom stereocenters. The number of Topliss-reactive ketones (excluding diaryl/α,β-unsaturated/α-hetero) is 1. The predicted molar refractivity (Wildman–Crippen MR) is 89.1 cm³/mol. The molecule has 0 fully saturated rings. The van der Waals surface area contributed by atoms with Crippen molar-refractivity contribution in [3.63, 3.8) is 0 Å². The van der Waals surface area contributed by atoms with Crippen LogP contribution in [0.4, 0.5) is 5.69 Å². The summed E-state index contributed by atoms with van der Waals surface area (Å²) in [5.41, 5.74) is 3.13. The summed E-state index contributed by atoms with van der Waals surface area (Å²) >= 11 is 3.47. The van der Waals surface area contributed by atoms with Gasteiger partial charge in [0.1, 0.15) is 0 Å². The van der Waals surface area contributed by atoms with Gasteiger partial charge in [0.25, 0.3) is 0 Å². The molecule has 0 aliphatic heterocycles. The Bertz CT molecular complexity index is 722. The molecule has 116 valence electrons. The highest BCUT2D eigenvalue weighted by Crippen LogP contribution is 2.20. The zero-order chi connectivity index (χ0) is 16.3. The SMILES string of the molecule is CC(=O)c1cccc(NC(=O)CCn2nc(C)c(Br)c2C)c1. The van der Waals surface area contributed by atoms with Gasteiger partial charge in [-0.1, -0.05) is 12.1 Å². The van der Waals surface area contributed by atoms with Crippen molar-refractivity contribution in [3.8, 4) is 0 Å². The first-order valence-corrected chi connectivity index (χ1v) is 7.78. The van der Waals surface area contributed by atoms with Crippen molar-refractivity contribution in [3.05, 3.63) is 45.7 Å². The van der Waals surface area contributed by atoms with E-state index in [0.717, 1.165) is 15.9 Å². The van der Waals surface area contributed by atoms with E-state index in [4.69, 9.17) is 0 Å². The van der Waals surface area contributed by atoms with E-state index in [9.17, 15) is 9.59 Å². The summed E-state index contributed by atoms with van der Waals surface area (Å²) in [4.78, 5) is 23.4. The predicted octanol–water partition coefficient (Wildman–Crippen LogP) is 3.49. The molecule has 0 saturated carbocycles. The lowest BCUT2D eigenvalue weighted by molar-refractivity contribution is -0.116. The van der Waals surface area contributed by atoms with Gasteiger partial charge < -0.3 is 5.32 Å². The second-order valence-corrected chi connectivity index (χ2v) is 5.94. The Balaban J connectivity index is 1.97. The fourth-order valence-corrected chi connectivity index (χ4v) is 2.42. The summed E-state index contributed by atoms with van der Waals surface area (Å²) < 4.78 is 2.78. The van der Waals surface area contributed by atoms with Gasteiger partial charge in [-0.2, -0.15) is 5.10 Å². The second-order valence-electron chi connectivity index (χ2n) is 5.14. The normalized spacial score (nSPS) is 10.5. The molecule has 0 aliphatic rings. The van der Waals surface area contributed by atoms with Crippen LogP contribution < -0.4 is 5.32 Å². The van der Waals surface area contributed by atoms with E-state index in [1.807, 2.05) is 18.5 Å². The molecule has 0 aliphatic carbocycles. The number of aromatic nitrogens is 2. The minimum Gasteiger partial charge on any atom is -0.326 e. The number of amides is 1. The molecule has 5 nitrogen and oxygen atoms in total. The molecule has 2 rings (SSSR count). The minimum absolute atomic E-state index is 0.0245. The molecule has 1 N–H and O–H groups in total. The molecule has 1 heterocycles. The van der Waals surface area contributed by atoms with Gasteiger partial charge in [-0.15, -0.1) is 0 Å². The van der Waals surface area contributed by atoms with Crippen LogP contribution >= 0.6 is 15.9 Å². The zero-order valence-electron chi connectivity index (χ0n) is 12.8. The molecule has 0 saturated heterocycles. The molecular formula is C16H18BrN3O2. The van der Waals surface area contributed by atoms with Crippen LogP contribution in [0.2, 0.25) is 0 Å². The molecule has 2 aromatic rings. The number of ketones is 1. The van der Waals surface area contributed by atoms with Crippen LogP contribution in [0.25, 0.3) is 0 Å². The van der Waals surface area contributed by atoms with Gasteiger partial charge in [0.05, 0.1) is 16.7 Å². The van der Waals surface area contributed by atoms with Gasteiger partial charge in [-0.25, -0.2) is 0 Å². The Morgan fingerprint density at radius 1 is 1.32 bits per heavy atom. The lowest BCUT2D eigenvalue weighted by atomic mass is 10.1. The average molecular weight is 364 g/mol. The Kier molecular flexibility index (Phi) is 5.13. The Labute approximate surface area is 137 Å². The van der Waals surface area contributed by atoms with E-state index in [-0.39, 0.29) is 11.7 Å². The minimum atomic E-state index is -0.107. The molecule has 0 unspecified atom stereocenters. The van der Waals surface area contributed by atoms with Gasteiger partial charge in [0.2, 0.25) is 5.91 Å². The Morgan fingerprint density at radius 2 is 2.05 bits per heavy atom. The summed E-state index contributed by atoms with van der Waals surface area (Å²) in [5.74, 6) is -0.132. The quantitative estimate of drug-likeness (QED) is 0.826. The first kappa shape index (κ1) is 16.4. The number of carbonyl (C=O) groups excluding carboxylic acids is 2. The van der Waals surface area contributed by atoms with Crippen LogP contribution in [-0.2, 0) is 11.3 Å². The van der Waals surface area contributed by atoms with E-state index in [2.05, 4.69) is 26.3 Å². The Hall–Kier alpha value is -1.95. The summed E-state index contributed by atoms with van der Waals surface area (Å²) in [6.07, 6.45) is 0.318. The van der Waals surface area contributed by atoms with Gasteiger partial charge in [0.15, 0.2) is 5.78 Å². The number of anilines is 1. The maximum atomic E-state index is 12.0. The fraction of sp³-hybridized carbons (Fsp3) is 0.312. The van der Waals surface area contributed by atoms with Crippen molar-refractivity contribution in [2.45, 2.75) is 33.7 Å². The molecule has 0 bridgehead atoms. The topological polar surface area (TPSA) is 64.0 Å². The largest absolute Gasteiger partial charge is 0.326 e. The van der Waals surface area contributed by atoms with Crippen molar-refractivity contribution in [1.82, 2.24) is 9.78 Å². The Morgan fingerprint density at radius 3 is 2.64 bits per heavy atom. The number of hydrogen-bond donors (Lipinski definition) is 1. The van der Waals surface area contributed by atoms with E-state index in [1.54, 1.807) is 24.3 Å². The van der Waals surface area contributed by atoms with Gasteiger partial charge >= 0.3 is 0 Å². The smallest absolute Gasteiger partial charge is 0.226 e. The van der Waals surface area contributed by atoms with Gasteiger partial charge in [-0.3, -0.25) is 14.3 Å². The number of halogens is 1. The number of nitrogens with zero attached hydrogens (tertiary/aromatic N) is 2. The van der Waals surface area contributed by atoms with E-state index in [0.29, 0.717) is 24.2 Å². The first-order valence-electron chi connectivity index (χ1n) is 6.99. The van der Waals surface area contributed by atoms with Crippen LogP contribution in [0, 0.1) is 13.8 Å². The number of aryl methyl sites for hydroxylation is 2. The van der Waals surface area contributed by atoms with Crippen molar-refractivity contribution < 1.29 is 9.59 Å². The number of benzene rings is 1. The summed E-state index contributed by atoms with van der Waals surface area (Å²) in [5, 5.41) is 7.18. The van der Waals surface area contributed by atoms with Crippen molar-refractivity contribution in [1.29, 1.82) is 0 Å². The highest BCUT2D eigenvalue weighted by atomic mass is 79.9. The summed E-state index contributed by atoms with van der Waals surface area (Å²) in [6, 6.07) is 6.93. The van der Waals surface area contributed by atoms with Gasteiger partial charge in [0, 0.05) is 23.4 Å².